The van der Waals surface area contributed by atoms with E-state index in [0.717, 1.165) is 11.1 Å². The number of nitrogens with zero attached hydrogens (tertiary/aromatic N) is 1. The van der Waals surface area contributed by atoms with Gasteiger partial charge in [0.1, 0.15) is 5.60 Å². The molecule has 0 aromatic heterocycles. The van der Waals surface area contributed by atoms with Gasteiger partial charge in [-0.1, -0.05) is 24.3 Å². The lowest BCUT2D eigenvalue weighted by atomic mass is 9.88. The summed E-state index contributed by atoms with van der Waals surface area (Å²) in [6.07, 6.45) is 0.543. The minimum Gasteiger partial charge on any atom is -0.444 e. The van der Waals surface area contributed by atoms with Crippen molar-refractivity contribution in [2.45, 2.75) is 51.9 Å². The molecule has 1 aromatic carbocycles. The van der Waals surface area contributed by atoms with E-state index in [1.165, 1.54) is 0 Å². The lowest BCUT2D eigenvalue weighted by Gasteiger charge is -2.37. The highest BCUT2D eigenvalue weighted by Crippen LogP contribution is 2.23. The summed E-state index contributed by atoms with van der Waals surface area (Å²) >= 11 is 0. The van der Waals surface area contributed by atoms with Crippen LogP contribution >= 0.6 is 0 Å². The largest absolute Gasteiger partial charge is 0.444 e. The van der Waals surface area contributed by atoms with Gasteiger partial charge in [-0.05, 0) is 44.7 Å². The Bertz CT molecular complexity index is 521. The van der Waals surface area contributed by atoms with E-state index in [2.05, 4.69) is 0 Å². The lowest BCUT2D eigenvalue weighted by Crippen LogP contribution is -2.48. The molecular weight excluding hydrogens is 294 g/mol. The van der Waals surface area contributed by atoms with Gasteiger partial charge in [-0.2, -0.15) is 0 Å². The zero-order valence-corrected chi connectivity index (χ0v) is 14.2. The summed E-state index contributed by atoms with van der Waals surface area (Å²) in [4.78, 5) is 13.9. The Kier molecular flexibility index (Phi) is 5.65. The van der Waals surface area contributed by atoms with E-state index in [0.29, 0.717) is 25.9 Å². The van der Waals surface area contributed by atoms with Gasteiger partial charge in [-0.15, -0.1) is 0 Å². The second-order valence-electron chi connectivity index (χ2n) is 7.22. The predicted molar refractivity (Wildman–Crippen MR) is 88.0 cm³/mol. The molecule has 2 rings (SSSR count). The number of carbonyl (C=O) groups is 1. The van der Waals surface area contributed by atoms with E-state index >= 15 is 0 Å². The molecule has 1 aliphatic rings. The molecule has 128 valence electrons. The Morgan fingerprint density at radius 3 is 2.43 bits per heavy atom. The Balaban J connectivity index is 1.98. The highest BCUT2D eigenvalue weighted by molar-refractivity contribution is 5.68. The van der Waals surface area contributed by atoms with Gasteiger partial charge in [-0.25, -0.2) is 4.79 Å². The van der Waals surface area contributed by atoms with Crippen molar-refractivity contribution in [2.75, 3.05) is 13.1 Å². The second-order valence-corrected chi connectivity index (χ2v) is 7.22. The Hall–Kier alpha value is -1.59. The lowest BCUT2D eigenvalue weighted by molar-refractivity contribution is -0.00824. The quantitative estimate of drug-likeness (QED) is 0.896. The van der Waals surface area contributed by atoms with Gasteiger partial charge >= 0.3 is 6.09 Å². The number of carbonyl (C=O) groups excluding carboxylic acids is 1. The van der Waals surface area contributed by atoms with Gasteiger partial charge in [0.2, 0.25) is 0 Å². The van der Waals surface area contributed by atoms with Crippen molar-refractivity contribution in [3.8, 4) is 0 Å². The number of rotatable bonds is 3. The maximum absolute atomic E-state index is 12.2. The molecule has 1 fully saturated rings. The van der Waals surface area contributed by atoms with Crippen molar-refractivity contribution in [3.63, 3.8) is 0 Å². The molecule has 1 aliphatic heterocycles. The highest BCUT2D eigenvalue weighted by Gasteiger charge is 2.32. The monoisotopic (exact) mass is 321 g/mol. The summed E-state index contributed by atoms with van der Waals surface area (Å²) in [6.45, 7) is 6.60. The van der Waals surface area contributed by atoms with Crippen LogP contribution in [-0.4, -0.2) is 46.0 Å². The zero-order chi connectivity index (χ0) is 17.0. The average molecular weight is 321 g/mol. The maximum Gasteiger partial charge on any atom is 0.410 e. The molecule has 2 N–H and O–H groups in total. The molecule has 1 heterocycles. The Morgan fingerprint density at radius 1 is 1.26 bits per heavy atom. The van der Waals surface area contributed by atoms with Crippen molar-refractivity contribution in [1.29, 1.82) is 0 Å². The first-order chi connectivity index (χ1) is 10.8. The van der Waals surface area contributed by atoms with Gasteiger partial charge in [0.15, 0.2) is 0 Å². The van der Waals surface area contributed by atoms with Crippen LogP contribution in [0.3, 0.4) is 0 Å². The third-order valence-electron chi connectivity index (χ3n) is 4.05. The summed E-state index contributed by atoms with van der Waals surface area (Å²) in [5.74, 6) is -0.00348. The Morgan fingerprint density at radius 2 is 1.87 bits per heavy atom. The number of piperidine rings is 1. The third-order valence-corrected chi connectivity index (χ3v) is 4.05. The first-order valence-corrected chi connectivity index (χ1v) is 8.13. The van der Waals surface area contributed by atoms with Crippen LogP contribution in [0.5, 0.6) is 0 Å². The van der Waals surface area contributed by atoms with Crippen LogP contribution in [-0.2, 0) is 17.8 Å². The summed E-state index contributed by atoms with van der Waals surface area (Å²) in [7, 11) is 0. The van der Waals surface area contributed by atoms with Gasteiger partial charge in [0.25, 0.3) is 0 Å². The molecule has 5 nitrogen and oxygen atoms in total. The summed E-state index contributed by atoms with van der Waals surface area (Å²) in [6, 6.07) is 7.70. The zero-order valence-electron chi connectivity index (χ0n) is 14.2. The summed E-state index contributed by atoms with van der Waals surface area (Å²) in [5.41, 5.74) is 1.45. The number of likely N-dealkylation sites (tertiary alicyclic amines) is 1. The third kappa shape index (κ3) is 5.22. The van der Waals surface area contributed by atoms with E-state index in [1.807, 2.05) is 45.0 Å². The molecular formula is C18H27NO4. The number of aliphatic hydroxyl groups is 2. The molecule has 2 unspecified atom stereocenters. The SMILES string of the molecule is CC(C)(C)OC(=O)N1CCC(O)C(Cc2ccc(CO)cc2)C1. The van der Waals surface area contributed by atoms with E-state index in [4.69, 9.17) is 9.84 Å². The molecule has 0 saturated carbocycles. The highest BCUT2D eigenvalue weighted by atomic mass is 16.6. The first-order valence-electron chi connectivity index (χ1n) is 8.13. The summed E-state index contributed by atoms with van der Waals surface area (Å²) < 4.78 is 5.42. The van der Waals surface area contributed by atoms with Gasteiger partial charge in [-0.3, -0.25) is 0 Å². The van der Waals surface area contributed by atoms with Crippen molar-refractivity contribution < 1.29 is 19.7 Å². The van der Waals surface area contributed by atoms with Crippen molar-refractivity contribution in [2.24, 2.45) is 5.92 Å². The standard InChI is InChI=1S/C18H27NO4/c1-18(2,3)23-17(22)19-9-8-16(21)15(11-19)10-13-4-6-14(12-20)7-5-13/h4-7,15-16,20-21H,8-12H2,1-3H3. The molecule has 0 radical (unpaired) electrons. The topological polar surface area (TPSA) is 70.0 Å². The van der Waals surface area contributed by atoms with Crippen LogP contribution in [0.2, 0.25) is 0 Å². The molecule has 23 heavy (non-hydrogen) atoms. The number of hydrogen-bond acceptors (Lipinski definition) is 4. The van der Waals surface area contributed by atoms with E-state index in [-0.39, 0.29) is 18.6 Å². The summed E-state index contributed by atoms with van der Waals surface area (Å²) in [5, 5.41) is 19.3. The predicted octanol–water partition coefficient (Wildman–Crippen LogP) is 2.34. The van der Waals surface area contributed by atoms with Gasteiger partial charge in [0.05, 0.1) is 12.7 Å². The fourth-order valence-corrected chi connectivity index (χ4v) is 2.80. The maximum atomic E-state index is 12.2. The minimum absolute atomic E-state index is 0.00348. The average Bonchev–Trinajstić information content (AvgIpc) is 2.48. The van der Waals surface area contributed by atoms with Gasteiger partial charge in [0, 0.05) is 19.0 Å². The molecule has 0 aliphatic carbocycles. The van der Waals surface area contributed by atoms with E-state index in [9.17, 15) is 9.90 Å². The smallest absolute Gasteiger partial charge is 0.410 e. The van der Waals surface area contributed by atoms with Crippen molar-refractivity contribution in [3.05, 3.63) is 35.4 Å². The normalized spacial score (nSPS) is 22.0. The number of amides is 1. The van der Waals surface area contributed by atoms with Crippen LogP contribution in [0.25, 0.3) is 0 Å². The van der Waals surface area contributed by atoms with E-state index < -0.39 is 11.7 Å². The number of benzene rings is 1. The van der Waals surface area contributed by atoms with Crippen molar-refractivity contribution >= 4 is 6.09 Å². The van der Waals surface area contributed by atoms with Gasteiger partial charge < -0.3 is 19.8 Å². The molecule has 1 saturated heterocycles. The molecule has 1 aromatic rings. The van der Waals surface area contributed by atoms with Crippen LogP contribution in [0.1, 0.15) is 38.3 Å². The molecule has 0 bridgehead atoms. The molecule has 5 heteroatoms. The van der Waals surface area contributed by atoms with Crippen LogP contribution in [0.4, 0.5) is 4.79 Å². The molecule has 1 amide bonds. The van der Waals surface area contributed by atoms with Crippen LogP contribution < -0.4 is 0 Å². The first kappa shape index (κ1) is 17.8. The minimum atomic E-state index is -0.511. The number of aliphatic hydroxyl groups excluding tert-OH is 2. The van der Waals surface area contributed by atoms with E-state index in [1.54, 1.807) is 4.90 Å². The second kappa shape index (κ2) is 7.32. The molecule has 0 spiro atoms. The fourth-order valence-electron chi connectivity index (χ4n) is 2.80. The fraction of sp³-hybridized carbons (Fsp3) is 0.611. The van der Waals surface area contributed by atoms with Crippen molar-refractivity contribution in [1.82, 2.24) is 4.90 Å². The number of ether oxygens (including phenoxy) is 1. The number of hydrogen-bond donors (Lipinski definition) is 2. The Labute approximate surface area is 137 Å². The van der Waals surface area contributed by atoms with Crippen LogP contribution in [0.15, 0.2) is 24.3 Å². The molecule has 2 atom stereocenters. The van der Waals surface area contributed by atoms with Crippen LogP contribution in [0, 0.1) is 5.92 Å².